The molecule has 238 valence electrons. The van der Waals surface area contributed by atoms with Crippen LogP contribution in [0.25, 0.3) is 10.8 Å². The van der Waals surface area contributed by atoms with Crippen molar-refractivity contribution in [3.63, 3.8) is 0 Å². The van der Waals surface area contributed by atoms with Gasteiger partial charge in [-0.2, -0.15) is 8.42 Å². The average molecular weight is 628 g/mol. The predicted molar refractivity (Wildman–Crippen MR) is 184 cm³/mol. The van der Waals surface area contributed by atoms with Crippen molar-refractivity contribution < 1.29 is 18.2 Å². The van der Waals surface area contributed by atoms with Gasteiger partial charge in [-0.3, -0.25) is 9.55 Å². The molecule has 1 aliphatic heterocycles. The Morgan fingerprint density at radius 1 is 0.822 bits per heavy atom. The van der Waals surface area contributed by atoms with E-state index in [-0.39, 0.29) is 4.90 Å². The number of aliphatic imine (C=N–C) groups is 1. The topological polar surface area (TPSA) is 103 Å². The van der Waals surface area contributed by atoms with Crippen LogP contribution in [0.2, 0.25) is 0 Å². The third kappa shape index (κ3) is 10.8. The summed E-state index contributed by atoms with van der Waals surface area (Å²) in [4.78, 5) is 6.99. The highest BCUT2D eigenvalue weighted by Gasteiger charge is 2.28. The van der Waals surface area contributed by atoms with Gasteiger partial charge in [0.2, 0.25) is 0 Å². The van der Waals surface area contributed by atoms with Crippen LogP contribution in [0.5, 0.6) is 0 Å². The highest BCUT2D eigenvalue weighted by Crippen LogP contribution is 2.37. The van der Waals surface area contributed by atoms with Crippen LogP contribution in [0.15, 0.2) is 118 Å². The van der Waals surface area contributed by atoms with Gasteiger partial charge in [-0.05, 0) is 79.0 Å². The number of rotatable bonds is 12. The molecule has 0 aliphatic carbocycles. The zero-order valence-electron chi connectivity index (χ0n) is 26.1. The maximum absolute atomic E-state index is 10.8. The van der Waals surface area contributed by atoms with Crippen LogP contribution in [-0.2, 0) is 10.1 Å². The summed E-state index contributed by atoms with van der Waals surface area (Å²) in [6.07, 6.45) is 9.96. The van der Waals surface area contributed by atoms with E-state index >= 15 is 0 Å². The summed E-state index contributed by atoms with van der Waals surface area (Å²) in [5.74, 6) is 1.14. The Balaban J connectivity index is 0.000000273. The predicted octanol–water partition coefficient (Wildman–Crippen LogP) is 8.45. The molecule has 5 rings (SSSR count). The van der Waals surface area contributed by atoms with Gasteiger partial charge in [0.1, 0.15) is 0 Å². The molecule has 0 bridgehead atoms. The number of hydrogen-bond acceptors (Lipinski definition) is 5. The second-order valence-electron chi connectivity index (χ2n) is 11.7. The fraction of sp³-hybridized carbons (Fsp3) is 0.351. The summed E-state index contributed by atoms with van der Waals surface area (Å²) in [6.45, 7) is 4.95. The Morgan fingerprint density at radius 2 is 1.40 bits per heavy atom. The maximum Gasteiger partial charge on any atom is 0.294 e. The molecule has 1 heterocycles. The zero-order chi connectivity index (χ0) is 31.9. The first-order chi connectivity index (χ1) is 21.8. The van der Waals surface area contributed by atoms with Gasteiger partial charge < -0.3 is 10.1 Å². The van der Waals surface area contributed by atoms with Crippen molar-refractivity contribution in [2.24, 2.45) is 16.1 Å². The largest absolute Gasteiger partial charge is 0.411 e. The quantitative estimate of drug-likeness (QED) is 0.0410. The van der Waals surface area contributed by atoms with Crippen molar-refractivity contribution in [3.05, 3.63) is 114 Å². The van der Waals surface area contributed by atoms with E-state index in [1.807, 2.05) is 25.1 Å². The first-order valence-electron chi connectivity index (χ1n) is 15.8. The lowest BCUT2D eigenvalue weighted by molar-refractivity contribution is 0.254. The number of benzene rings is 4. The Bertz CT molecular complexity index is 1580. The molecule has 0 spiro atoms. The van der Waals surface area contributed by atoms with E-state index in [0.29, 0.717) is 11.8 Å². The Kier molecular flexibility index (Phi) is 13.2. The first kappa shape index (κ1) is 33.9. The van der Waals surface area contributed by atoms with Crippen molar-refractivity contribution in [2.75, 3.05) is 19.6 Å². The van der Waals surface area contributed by atoms with E-state index in [2.05, 4.69) is 82.1 Å². The van der Waals surface area contributed by atoms with E-state index in [1.54, 1.807) is 12.1 Å². The van der Waals surface area contributed by atoms with Crippen LogP contribution in [0.1, 0.15) is 68.9 Å². The molecule has 0 amide bonds. The third-order valence-electron chi connectivity index (χ3n) is 8.37. The van der Waals surface area contributed by atoms with Gasteiger partial charge in [0.25, 0.3) is 10.1 Å². The summed E-state index contributed by atoms with van der Waals surface area (Å²) in [5, 5.41) is 13.6. The Labute approximate surface area is 268 Å². The highest BCUT2D eigenvalue weighted by atomic mass is 32.2. The molecule has 0 atom stereocenters. The molecule has 1 aliphatic rings. The Morgan fingerprint density at radius 3 is 2.00 bits per heavy atom. The fourth-order valence-electron chi connectivity index (χ4n) is 5.91. The summed E-state index contributed by atoms with van der Waals surface area (Å²) in [7, 11) is -4.09. The highest BCUT2D eigenvalue weighted by molar-refractivity contribution is 7.85. The van der Waals surface area contributed by atoms with Crippen LogP contribution < -0.4 is 0 Å². The molecule has 1 saturated heterocycles. The lowest BCUT2D eigenvalue weighted by Crippen LogP contribution is -2.35. The number of oxime groups is 1. The van der Waals surface area contributed by atoms with Gasteiger partial charge in [-0.15, -0.1) is 0 Å². The molecule has 4 aromatic rings. The second-order valence-corrected chi connectivity index (χ2v) is 13.1. The number of likely N-dealkylation sites (tertiary alicyclic amines) is 1. The average Bonchev–Trinajstić information content (AvgIpc) is 3.07. The minimum Gasteiger partial charge on any atom is -0.411 e. The minimum atomic E-state index is -4.09. The van der Waals surface area contributed by atoms with E-state index in [4.69, 9.17) is 9.76 Å². The van der Waals surface area contributed by atoms with E-state index in [0.717, 1.165) is 55.4 Å². The molecule has 0 radical (unpaired) electrons. The third-order valence-corrected chi connectivity index (χ3v) is 9.22. The molecule has 0 unspecified atom stereocenters. The van der Waals surface area contributed by atoms with Gasteiger partial charge in [-0.25, -0.2) is 0 Å². The number of piperidine rings is 1. The lowest BCUT2D eigenvalue weighted by Gasteiger charge is -2.36. The van der Waals surface area contributed by atoms with Crippen LogP contribution in [0.3, 0.4) is 0 Å². The van der Waals surface area contributed by atoms with Gasteiger partial charge in [0.15, 0.2) is 0 Å². The molecule has 2 N–H and O–H groups in total. The smallest absolute Gasteiger partial charge is 0.294 e. The maximum atomic E-state index is 10.8. The zero-order valence-corrected chi connectivity index (χ0v) is 26.9. The van der Waals surface area contributed by atoms with Crippen LogP contribution in [-0.4, -0.2) is 54.8 Å². The van der Waals surface area contributed by atoms with Gasteiger partial charge in [0.05, 0.1) is 16.9 Å². The fourth-order valence-corrected chi connectivity index (χ4v) is 6.43. The van der Waals surface area contributed by atoms with Crippen LogP contribution in [0, 0.1) is 5.92 Å². The molecular formula is C37H45N3O4S. The summed E-state index contributed by atoms with van der Waals surface area (Å²) < 4.78 is 30.5. The van der Waals surface area contributed by atoms with Crippen molar-refractivity contribution in [1.82, 2.24) is 4.90 Å². The molecule has 4 aromatic carbocycles. The van der Waals surface area contributed by atoms with Crippen LogP contribution in [0.4, 0.5) is 0 Å². The SMILES string of the molecule is C/C(CCCCCC/N=C/N1CCC(C(c2ccccc2)c2ccccc2)CC1)=N/O.O=S(=O)(O)c1ccc2ccccc2c1. The van der Waals surface area contributed by atoms with E-state index in [1.165, 1.54) is 48.9 Å². The number of fused-ring (bicyclic) bond motifs is 1. The van der Waals surface area contributed by atoms with Crippen molar-refractivity contribution in [1.29, 1.82) is 0 Å². The van der Waals surface area contributed by atoms with Crippen molar-refractivity contribution in [3.8, 4) is 0 Å². The first-order valence-corrected chi connectivity index (χ1v) is 17.3. The van der Waals surface area contributed by atoms with Gasteiger partial charge >= 0.3 is 0 Å². The minimum absolute atomic E-state index is 0.0730. The molecule has 8 heteroatoms. The van der Waals surface area contributed by atoms with Crippen molar-refractivity contribution >= 4 is 32.9 Å². The molecule has 0 aromatic heterocycles. The number of unbranched alkanes of at least 4 members (excludes halogenated alkanes) is 3. The van der Waals surface area contributed by atoms with E-state index in [9.17, 15) is 8.42 Å². The number of hydrogen-bond donors (Lipinski definition) is 2. The Hall–Kier alpha value is -4.01. The van der Waals surface area contributed by atoms with Gasteiger partial charge in [-0.1, -0.05) is 109 Å². The second kappa shape index (κ2) is 17.5. The lowest BCUT2D eigenvalue weighted by atomic mass is 9.76. The molecular weight excluding hydrogens is 582 g/mol. The normalized spacial score (nSPS) is 14.6. The standard InChI is InChI=1S/C27H37N3O.C10H8O3S/c1-23(29-31)12-6-2-3-11-19-28-22-30-20-17-26(18-21-30)27(24-13-7-4-8-14-24)25-15-9-5-10-16-25;11-14(12,13)10-6-5-8-3-1-2-4-9(8)7-10/h4-5,7-10,13-16,22,26-27,31H,2-3,6,11-12,17-21H2,1H3;1-7H,(H,11,12,13)/b28-22+,29-23-;. The van der Waals surface area contributed by atoms with Gasteiger partial charge in [0, 0.05) is 25.6 Å². The summed E-state index contributed by atoms with van der Waals surface area (Å²) >= 11 is 0. The molecule has 45 heavy (non-hydrogen) atoms. The molecule has 7 nitrogen and oxygen atoms in total. The molecule has 0 saturated carbocycles. The number of nitrogens with zero attached hydrogens (tertiary/aromatic N) is 3. The van der Waals surface area contributed by atoms with Crippen LogP contribution >= 0.6 is 0 Å². The van der Waals surface area contributed by atoms with Crippen molar-refractivity contribution in [2.45, 2.75) is 62.7 Å². The monoisotopic (exact) mass is 627 g/mol. The summed E-state index contributed by atoms with van der Waals surface area (Å²) in [6, 6.07) is 33.8. The summed E-state index contributed by atoms with van der Waals surface area (Å²) in [5.41, 5.74) is 3.69. The molecule has 1 fully saturated rings. The van der Waals surface area contributed by atoms with E-state index < -0.39 is 10.1 Å².